The Balaban J connectivity index is 1.73. The zero-order chi connectivity index (χ0) is 15.4. The number of nitrogens with zero attached hydrogens (tertiary/aromatic N) is 3. The van der Waals surface area contributed by atoms with E-state index in [1.165, 1.54) is 0 Å². The van der Waals surface area contributed by atoms with Crippen molar-refractivity contribution in [3.05, 3.63) is 60.8 Å². The van der Waals surface area contributed by atoms with E-state index in [2.05, 4.69) is 10.2 Å². The Kier molecular flexibility index (Phi) is 3.96. The van der Waals surface area contributed by atoms with Crippen molar-refractivity contribution in [3.8, 4) is 5.88 Å². The number of ether oxygens (including phenoxy) is 1. The number of carbonyl (C=O) groups excluding carboxylic acids is 1. The average Bonchev–Trinajstić information content (AvgIpc) is 2.59. The molecule has 0 unspecified atom stereocenters. The van der Waals surface area contributed by atoms with Gasteiger partial charge in [-0.3, -0.25) is 4.79 Å². The van der Waals surface area contributed by atoms with Crippen LogP contribution < -0.4 is 9.64 Å². The minimum Gasteiger partial charge on any atom is -0.466 e. The van der Waals surface area contributed by atoms with Crippen molar-refractivity contribution in [1.82, 2.24) is 10.2 Å². The standard InChI is InChI=1S/C17H15N3O2/c1-20(14-8-3-2-4-9-14)16(21)12-22-17-15-10-6-5-7-13(15)11-18-19-17/h2-11H,12H2,1H3. The van der Waals surface area contributed by atoms with Gasteiger partial charge in [-0.25, -0.2) is 0 Å². The quantitative estimate of drug-likeness (QED) is 0.742. The molecule has 0 saturated carbocycles. The first-order valence-electron chi connectivity index (χ1n) is 6.90. The molecule has 0 spiro atoms. The fraction of sp³-hybridized carbons (Fsp3) is 0.118. The number of amides is 1. The minimum absolute atomic E-state index is 0.0892. The van der Waals surface area contributed by atoms with E-state index in [-0.39, 0.29) is 12.5 Å². The highest BCUT2D eigenvalue weighted by Crippen LogP contribution is 2.21. The van der Waals surface area contributed by atoms with Crippen molar-refractivity contribution in [3.63, 3.8) is 0 Å². The third-order valence-corrected chi connectivity index (χ3v) is 3.39. The van der Waals surface area contributed by atoms with Gasteiger partial charge in [0.25, 0.3) is 5.91 Å². The number of para-hydroxylation sites is 1. The number of carbonyl (C=O) groups is 1. The van der Waals surface area contributed by atoms with Gasteiger partial charge in [0, 0.05) is 23.5 Å². The predicted molar refractivity (Wildman–Crippen MR) is 84.9 cm³/mol. The van der Waals surface area contributed by atoms with E-state index in [4.69, 9.17) is 4.74 Å². The van der Waals surface area contributed by atoms with Gasteiger partial charge in [-0.2, -0.15) is 5.10 Å². The number of aromatic nitrogens is 2. The molecule has 0 atom stereocenters. The third kappa shape index (κ3) is 2.88. The van der Waals surface area contributed by atoms with E-state index in [0.717, 1.165) is 16.5 Å². The maximum atomic E-state index is 12.2. The van der Waals surface area contributed by atoms with E-state index in [1.54, 1.807) is 18.1 Å². The van der Waals surface area contributed by atoms with Crippen LogP contribution in [0.25, 0.3) is 10.8 Å². The van der Waals surface area contributed by atoms with Gasteiger partial charge in [0.2, 0.25) is 5.88 Å². The van der Waals surface area contributed by atoms with E-state index in [1.807, 2.05) is 54.6 Å². The van der Waals surface area contributed by atoms with Crippen LogP contribution in [0.5, 0.6) is 5.88 Å². The molecule has 0 aliphatic rings. The van der Waals surface area contributed by atoms with Crippen LogP contribution in [0.1, 0.15) is 0 Å². The second-order valence-corrected chi connectivity index (χ2v) is 4.81. The zero-order valence-corrected chi connectivity index (χ0v) is 12.1. The SMILES string of the molecule is CN(C(=O)COc1nncc2ccccc12)c1ccccc1. The van der Waals surface area contributed by atoms with Crippen LogP contribution in [-0.2, 0) is 4.79 Å². The summed E-state index contributed by atoms with van der Waals surface area (Å²) in [6, 6.07) is 17.1. The van der Waals surface area contributed by atoms with Gasteiger partial charge in [0.05, 0.1) is 6.20 Å². The summed E-state index contributed by atoms with van der Waals surface area (Å²) in [7, 11) is 1.72. The monoisotopic (exact) mass is 293 g/mol. The molecule has 0 saturated heterocycles. The lowest BCUT2D eigenvalue weighted by molar-refractivity contribution is -0.120. The highest BCUT2D eigenvalue weighted by molar-refractivity contribution is 5.94. The van der Waals surface area contributed by atoms with Gasteiger partial charge in [0.1, 0.15) is 0 Å². The van der Waals surface area contributed by atoms with Gasteiger partial charge in [-0.05, 0) is 18.2 Å². The second kappa shape index (κ2) is 6.22. The maximum Gasteiger partial charge on any atom is 0.264 e. The molecule has 5 heteroatoms. The Morgan fingerprint density at radius 2 is 1.82 bits per heavy atom. The van der Waals surface area contributed by atoms with Crippen LogP contribution in [0, 0.1) is 0 Å². The minimum atomic E-state index is -0.152. The van der Waals surface area contributed by atoms with E-state index < -0.39 is 0 Å². The molecular formula is C17H15N3O2. The first kappa shape index (κ1) is 14.0. The fourth-order valence-corrected chi connectivity index (χ4v) is 2.13. The highest BCUT2D eigenvalue weighted by Gasteiger charge is 2.13. The van der Waals surface area contributed by atoms with Gasteiger partial charge in [-0.1, -0.05) is 36.4 Å². The van der Waals surface area contributed by atoms with Crippen molar-refractivity contribution in [2.45, 2.75) is 0 Å². The summed E-state index contributed by atoms with van der Waals surface area (Å²) in [5.74, 6) is 0.217. The van der Waals surface area contributed by atoms with E-state index in [0.29, 0.717) is 5.88 Å². The van der Waals surface area contributed by atoms with Crippen molar-refractivity contribution in [2.24, 2.45) is 0 Å². The molecule has 0 aliphatic heterocycles. The largest absolute Gasteiger partial charge is 0.466 e. The first-order chi connectivity index (χ1) is 10.8. The Bertz CT molecular complexity index is 785. The summed E-state index contributed by atoms with van der Waals surface area (Å²) in [5, 5.41) is 9.63. The molecule has 3 rings (SSSR count). The summed E-state index contributed by atoms with van der Waals surface area (Å²) < 4.78 is 5.56. The number of benzene rings is 2. The molecule has 1 amide bonds. The highest BCUT2D eigenvalue weighted by atomic mass is 16.5. The molecule has 2 aromatic carbocycles. The molecule has 110 valence electrons. The van der Waals surface area contributed by atoms with Crippen molar-refractivity contribution < 1.29 is 9.53 Å². The lowest BCUT2D eigenvalue weighted by Gasteiger charge is -2.17. The van der Waals surface area contributed by atoms with Crippen LogP contribution in [-0.4, -0.2) is 29.8 Å². The number of anilines is 1. The lowest BCUT2D eigenvalue weighted by Crippen LogP contribution is -2.31. The number of fused-ring (bicyclic) bond motifs is 1. The van der Waals surface area contributed by atoms with Crippen LogP contribution in [0.3, 0.4) is 0 Å². The molecule has 0 bridgehead atoms. The molecule has 22 heavy (non-hydrogen) atoms. The van der Waals surface area contributed by atoms with Crippen LogP contribution in [0.2, 0.25) is 0 Å². The number of hydrogen-bond acceptors (Lipinski definition) is 4. The van der Waals surface area contributed by atoms with Gasteiger partial charge >= 0.3 is 0 Å². The molecule has 0 fully saturated rings. The molecule has 3 aromatic rings. The smallest absolute Gasteiger partial charge is 0.264 e. The molecule has 1 heterocycles. The Morgan fingerprint density at radius 1 is 1.09 bits per heavy atom. The molecule has 0 N–H and O–H groups in total. The van der Waals surface area contributed by atoms with Gasteiger partial charge in [-0.15, -0.1) is 5.10 Å². The molecular weight excluding hydrogens is 278 g/mol. The summed E-state index contributed by atoms with van der Waals surface area (Å²) in [5.41, 5.74) is 0.820. The Morgan fingerprint density at radius 3 is 2.64 bits per heavy atom. The number of likely N-dealkylation sites (N-methyl/N-ethyl adjacent to an activating group) is 1. The first-order valence-corrected chi connectivity index (χ1v) is 6.90. The summed E-state index contributed by atoms with van der Waals surface area (Å²) in [6.45, 7) is -0.0892. The number of rotatable bonds is 4. The number of hydrogen-bond donors (Lipinski definition) is 0. The normalized spacial score (nSPS) is 10.4. The summed E-state index contributed by atoms with van der Waals surface area (Å²) in [4.78, 5) is 13.8. The second-order valence-electron chi connectivity index (χ2n) is 4.81. The van der Waals surface area contributed by atoms with Gasteiger partial charge < -0.3 is 9.64 Å². The van der Waals surface area contributed by atoms with Crippen LogP contribution in [0.4, 0.5) is 5.69 Å². The molecule has 1 aromatic heterocycles. The van der Waals surface area contributed by atoms with Crippen molar-refractivity contribution in [1.29, 1.82) is 0 Å². The topological polar surface area (TPSA) is 55.3 Å². The van der Waals surface area contributed by atoms with E-state index >= 15 is 0 Å². The molecule has 0 aliphatic carbocycles. The average molecular weight is 293 g/mol. The molecule has 0 radical (unpaired) electrons. The lowest BCUT2D eigenvalue weighted by atomic mass is 10.2. The van der Waals surface area contributed by atoms with Crippen LogP contribution >= 0.6 is 0 Å². The third-order valence-electron chi connectivity index (χ3n) is 3.39. The predicted octanol–water partition coefficient (Wildman–Crippen LogP) is 2.67. The summed E-state index contributed by atoms with van der Waals surface area (Å²) >= 11 is 0. The zero-order valence-electron chi connectivity index (χ0n) is 12.1. The van der Waals surface area contributed by atoms with E-state index in [9.17, 15) is 4.79 Å². The van der Waals surface area contributed by atoms with Crippen molar-refractivity contribution in [2.75, 3.05) is 18.6 Å². The maximum absolute atomic E-state index is 12.2. The van der Waals surface area contributed by atoms with Crippen molar-refractivity contribution >= 4 is 22.4 Å². The fourth-order valence-electron chi connectivity index (χ4n) is 2.13. The Labute approximate surface area is 128 Å². The summed E-state index contributed by atoms with van der Waals surface area (Å²) in [6.07, 6.45) is 1.67. The van der Waals surface area contributed by atoms with Gasteiger partial charge in [0.15, 0.2) is 6.61 Å². The molecule has 5 nitrogen and oxygen atoms in total. The Hall–Kier alpha value is -2.95. The van der Waals surface area contributed by atoms with Crippen LogP contribution in [0.15, 0.2) is 60.8 Å².